The Morgan fingerprint density at radius 3 is 2.84 bits per heavy atom. The highest BCUT2D eigenvalue weighted by Crippen LogP contribution is 2.39. The Morgan fingerprint density at radius 2 is 2.16 bits per heavy atom. The zero-order valence-electron chi connectivity index (χ0n) is 15.1. The average molecular weight is 343 g/mol. The van der Waals surface area contributed by atoms with Crippen molar-refractivity contribution in [1.29, 1.82) is 0 Å². The van der Waals surface area contributed by atoms with Crippen LogP contribution in [0.15, 0.2) is 30.6 Å². The number of aromatic nitrogens is 2. The first kappa shape index (κ1) is 17.5. The van der Waals surface area contributed by atoms with Crippen LogP contribution in [-0.4, -0.2) is 45.9 Å². The van der Waals surface area contributed by atoms with E-state index in [1.807, 2.05) is 55.8 Å². The van der Waals surface area contributed by atoms with Crippen molar-refractivity contribution in [3.05, 3.63) is 36.3 Å². The summed E-state index contributed by atoms with van der Waals surface area (Å²) in [7, 11) is 0. The molecule has 134 valence electrons. The van der Waals surface area contributed by atoms with Crippen molar-refractivity contribution in [2.24, 2.45) is 11.3 Å². The van der Waals surface area contributed by atoms with Crippen molar-refractivity contribution >= 4 is 17.5 Å². The third-order valence-corrected chi connectivity index (χ3v) is 5.19. The van der Waals surface area contributed by atoms with Crippen LogP contribution < -0.4 is 0 Å². The van der Waals surface area contributed by atoms with E-state index in [-0.39, 0.29) is 24.2 Å². The molecule has 0 aromatic carbocycles. The predicted molar refractivity (Wildman–Crippen MR) is 94.0 cm³/mol. The minimum absolute atomic E-state index is 0.00947. The van der Waals surface area contributed by atoms with E-state index >= 15 is 0 Å². The first-order valence-electron chi connectivity index (χ1n) is 8.84. The number of pyridine rings is 1. The van der Waals surface area contributed by atoms with Crippen LogP contribution in [0, 0.1) is 11.3 Å². The van der Waals surface area contributed by atoms with Gasteiger partial charge in [-0.25, -0.2) is 4.98 Å². The molecule has 1 aliphatic rings. The standard InChI is InChI=1S/C19H25N3O3/c1-4-25-18(24)19(14(2)3)8-10-22(13-19)17(23)11-15-12-21-9-6-5-7-16(21)20-15/h5-7,9,12,14H,4,8,10-11,13H2,1-3H3/t19-/m0/s1. The summed E-state index contributed by atoms with van der Waals surface area (Å²) >= 11 is 0. The van der Waals surface area contributed by atoms with Crippen molar-refractivity contribution in [2.45, 2.75) is 33.6 Å². The zero-order chi connectivity index (χ0) is 18.0. The number of carbonyl (C=O) groups is 2. The fourth-order valence-electron chi connectivity index (χ4n) is 3.53. The normalized spacial score (nSPS) is 20.4. The van der Waals surface area contributed by atoms with Gasteiger partial charge in [0.2, 0.25) is 5.91 Å². The molecule has 6 heteroatoms. The number of rotatable bonds is 5. The largest absolute Gasteiger partial charge is 0.466 e. The van der Waals surface area contributed by atoms with Crippen molar-refractivity contribution in [1.82, 2.24) is 14.3 Å². The third kappa shape index (κ3) is 3.25. The SMILES string of the molecule is CCOC(=O)[C@@]1(C(C)C)CCN(C(=O)Cc2cn3ccccc3n2)C1. The van der Waals surface area contributed by atoms with Gasteiger partial charge in [0.05, 0.1) is 24.1 Å². The van der Waals surface area contributed by atoms with E-state index in [0.29, 0.717) is 26.1 Å². The van der Waals surface area contributed by atoms with Gasteiger partial charge in [0.15, 0.2) is 0 Å². The first-order valence-corrected chi connectivity index (χ1v) is 8.84. The molecule has 6 nitrogen and oxygen atoms in total. The summed E-state index contributed by atoms with van der Waals surface area (Å²) in [6.07, 6.45) is 4.69. The van der Waals surface area contributed by atoms with Gasteiger partial charge in [-0.15, -0.1) is 0 Å². The van der Waals surface area contributed by atoms with E-state index in [0.717, 1.165) is 11.3 Å². The Morgan fingerprint density at radius 1 is 1.36 bits per heavy atom. The van der Waals surface area contributed by atoms with Crippen molar-refractivity contribution in [3.63, 3.8) is 0 Å². The molecule has 1 saturated heterocycles. The van der Waals surface area contributed by atoms with Crippen LogP contribution in [-0.2, 0) is 20.7 Å². The molecular weight excluding hydrogens is 318 g/mol. The number of fused-ring (bicyclic) bond motifs is 1. The molecule has 0 radical (unpaired) electrons. The number of amides is 1. The molecule has 0 aliphatic carbocycles. The lowest BCUT2D eigenvalue weighted by molar-refractivity contribution is -0.157. The molecule has 1 atom stereocenters. The summed E-state index contributed by atoms with van der Waals surface area (Å²) in [4.78, 5) is 31.4. The molecule has 0 spiro atoms. The number of hydrogen-bond acceptors (Lipinski definition) is 4. The quantitative estimate of drug-likeness (QED) is 0.782. The summed E-state index contributed by atoms with van der Waals surface area (Å²) in [5, 5.41) is 0. The zero-order valence-corrected chi connectivity index (χ0v) is 15.1. The fraction of sp³-hybridized carbons (Fsp3) is 0.526. The monoisotopic (exact) mass is 343 g/mol. The van der Waals surface area contributed by atoms with Crippen LogP contribution in [0.3, 0.4) is 0 Å². The van der Waals surface area contributed by atoms with Crippen molar-refractivity contribution in [3.8, 4) is 0 Å². The molecule has 3 heterocycles. The van der Waals surface area contributed by atoms with Gasteiger partial charge in [0.1, 0.15) is 5.65 Å². The maximum atomic E-state index is 12.7. The van der Waals surface area contributed by atoms with E-state index in [9.17, 15) is 9.59 Å². The molecule has 2 aromatic heterocycles. The van der Waals surface area contributed by atoms with Crippen LogP contribution in [0.1, 0.15) is 32.9 Å². The number of nitrogens with zero attached hydrogens (tertiary/aromatic N) is 3. The van der Waals surface area contributed by atoms with Crippen LogP contribution in [0.4, 0.5) is 0 Å². The lowest BCUT2D eigenvalue weighted by Gasteiger charge is -2.30. The van der Waals surface area contributed by atoms with Gasteiger partial charge in [0, 0.05) is 25.5 Å². The number of hydrogen-bond donors (Lipinski definition) is 0. The summed E-state index contributed by atoms with van der Waals surface area (Å²) in [5.41, 5.74) is 0.981. The minimum Gasteiger partial charge on any atom is -0.466 e. The first-order chi connectivity index (χ1) is 12.0. The van der Waals surface area contributed by atoms with Crippen molar-refractivity contribution < 1.29 is 14.3 Å². The Labute approximate surface area is 147 Å². The second-order valence-corrected chi connectivity index (χ2v) is 6.97. The third-order valence-electron chi connectivity index (χ3n) is 5.19. The van der Waals surface area contributed by atoms with Gasteiger partial charge in [-0.3, -0.25) is 9.59 Å². The maximum absolute atomic E-state index is 12.7. The van der Waals surface area contributed by atoms with Crippen molar-refractivity contribution in [2.75, 3.05) is 19.7 Å². The maximum Gasteiger partial charge on any atom is 0.314 e. The molecule has 0 N–H and O–H groups in total. The van der Waals surface area contributed by atoms with E-state index < -0.39 is 5.41 Å². The van der Waals surface area contributed by atoms with E-state index in [1.165, 1.54) is 0 Å². The Bertz CT molecular complexity index is 750. The molecule has 3 rings (SSSR count). The van der Waals surface area contributed by atoms with E-state index in [2.05, 4.69) is 4.98 Å². The van der Waals surface area contributed by atoms with Crippen LogP contribution in [0.2, 0.25) is 0 Å². The van der Waals surface area contributed by atoms with Gasteiger partial charge in [-0.2, -0.15) is 0 Å². The summed E-state index contributed by atoms with van der Waals surface area (Å²) < 4.78 is 7.19. The second kappa shape index (κ2) is 6.86. The highest BCUT2D eigenvalue weighted by molar-refractivity contribution is 5.83. The van der Waals surface area contributed by atoms with Gasteiger partial charge in [-0.05, 0) is 31.4 Å². The molecule has 0 unspecified atom stereocenters. The summed E-state index contributed by atoms with van der Waals surface area (Å²) in [5.74, 6) is -0.0530. The van der Waals surface area contributed by atoms with Gasteiger partial charge < -0.3 is 14.0 Å². The average Bonchev–Trinajstić information content (AvgIpc) is 3.19. The summed E-state index contributed by atoms with van der Waals surface area (Å²) in [6, 6.07) is 5.76. The molecule has 2 aromatic rings. The van der Waals surface area contributed by atoms with Gasteiger partial charge >= 0.3 is 5.97 Å². The Balaban J connectivity index is 1.71. The van der Waals surface area contributed by atoms with Crippen LogP contribution in [0.5, 0.6) is 0 Å². The van der Waals surface area contributed by atoms with Gasteiger partial charge in [-0.1, -0.05) is 19.9 Å². The molecule has 1 fully saturated rings. The molecule has 25 heavy (non-hydrogen) atoms. The number of carbonyl (C=O) groups excluding carboxylic acids is 2. The number of imidazole rings is 1. The minimum atomic E-state index is -0.593. The molecule has 1 amide bonds. The highest BCUT2D eigenvalue weighted by Gasteiger charge is 2.49. The molecule has 1 aliphatic heterocycles. The topological polar surface area (TPSA) is 63.9 Å². The van der Waals surface area contributed by atoms with Gasteiger partial charge in [0.25, 0.3) is 0 Å². The van der Waals surface area contributed by atoms with Crippen LogP contribution in [0.25, 0.3) is 5.65 Å². The second-order valence-electron chi connectivity index (χ2n) is 6.97. The molecule has 0 bridgehead atoms. The smallest absolute Gasteiger partial charge is 0.314 e. The Hall–Kier alpha value is -2.37. The number of ether oxygens (including phenoxy) is 1. The highest BCUT2D eigenvalue weighted by atomic mass is 16.5. The lowest BCUT2D eigenvalue weighted by atomic mass is 9.76. The number of likely N-dealkylation sites (tertiary alicyclic amines) is 1. The molecular formula is C19H25N3O3. The predicted octanol–water partition coefficient (Wildman–Crippen LogP) is 2.31. The van der Waals surface area contributed by atoms with E-state index in [4.69, 9.17) is 4.74 Å². The van der Waals surface area contributed by atoms with Crippen LogP contribution >= 0.6 is 0 Å². The number of esters is 1. The summed E-state index contributed by atoms with van der Waals surface area (Å²) in [6.45, 7) is 7.23. The molecule has 0 saturated carbocycles. The van der Waals surface area contributed by atoms with E-state index in [1.54, 1.807) is 4.90 Å². The lowest BCUT2D eigenvalue weighted by Crippen LogP contribution is -2.42. The Kier molecular flexibility index (Phi) is 4.79. The fourth-order valence-corrected chi connectivity index (χ4v) is 3.53.